The van der Waals surface area contributed by atoms with Crippen molar-refractivity contribution in [2.75, 3.05) is 19.5 Å². The van der Waals surface area contributed by atoms with Gasteiger partial charge in [-0.25, -0.2) is 4.39 Å². The molecule has 1 amide bonds. The van der Waals surface area contributed by atoms with Gasteiger partial charge in [0.25, 0.3) is 5.91 Å². The number of carbonyl (C=O) groups is 1. The first kappa shape index (κ1) is 16.6. The molecule has 0 spiro atoms. The molecule has 1 N–H and O–H groups in total. The molecule has 0 aliphatic carbocycles. The van der Waals surface area contributed by atoms with E-state index in [-0.39, 0.29) is 5.02 Å². The minimum Gasteiger partial charge on any atom is -0.495 e. The number of ether oxygens (including phenoxy) is 2. The third-order valence-corrected chi connectivity index (χ3v) is 3.96. The number of halogens is 3. The predicted molar refractivity (Wildman–Crippen MR) is 86.6 cm³/mol. The molecule has 0 aliphatic heterocycles. The number of anilines is 1. The number of nitrogens with one attached hydrogen (secondary N) is 1. The molecule has 4 nitrogen and oxygen atoms in total. The van der Waals surface area contributed by atoms with Crippen LogP contribution in [0.5, 0.6) is 11.5 Å². The van der Waals surface area contributed by atoms with Crippen LogP contribution in [0, 0.1) is 5.82 Å². The van der Waals surface area contributed by atoms with Crippen molar-refractivity contribution in [3.8, 4) is 11.5 Å². The first-order valence-corrected chi connectivity index (χ1v) is 7.31. The van der Waals surface area contributed by atoms with E-state index < -0.39 is 11.7 Å². The van der Waals surface area contributed by atoms with Gasteiger partial charge in [-0.05, 0) is 46.3 Å². The molecule has 0 aliphatic rings. The van der Waals surface area contributed by atoms with Crippen molar-refractivity contribution in [3.05, 3.63) is 51.2 Å². The minimum atomic E-state index is -0.549. The molecule has 2 aromatic rings. The van der Waals surface area contributed by atoms with E-state index in [2.05, 4.69) is 21.2 Å². The average molecular weight is 389 g/mol. The molecule has 22 heavy (non-hydrogen) atoms. The molecule has 0 heterocycles. The molecule has 0 saturated heterocycles. The van der Waals surface area contributed by atoms with Crippen LogP contribution in [0.2, 0.25) is 5.02 Å². The Kier molecular flexibility index (Phi) is 5.26. The third-order valence-electron chi connectivity index (χ3n) is 2.89. The van der Waals surface area contributed by atoms with Gasteiger partial charge in [-0.2, -0.15) is 0 Å². The highest BCUT2D eigenvalue weighted by Crippen LogP contribution is 2.35. The summed E-state index contributed by atoms with van der Waals surface area (Å²) >= 11 is 9.02. The van der Waals surface area contributed by atoms with Crippen molar-refractivity contribution >= 4 is 39.1 Å². The Morgan fingerprint density at radius 3 is 2.27 bits per heavy atom. The first-order valence-electron chi connectivity index (χ1n) is 6.14. The van der Waals surface area contributed by atoms with Gasteiger partial charge >= 0.3 is 0 Å². The molecule has 7 heteroatoms. The zero-order valence-electron chi connectivity index (χ0n) is 11.7. The van der Waals surface area contributed by atoms with Crippen LogP contribution >= 0.6 is 27.5 Å². The van der Waals surface area contributed by atoms with Crippen LogP contribution in [0.25, 0.3) is 0 Å². The van der Waals surface area contributed by atoms with E-state index in [1.807, 2.05) is 0 Å². The maximum Gasteiger partial charge on any atom is 0.255 e. The quantitative estimate of drug-likeness (QED) is 0.838. The summed E-state index contributed by atoms with van der Waals surface area (Å²) in [5.41, 5.74) is 0.717. The summed E-state index contributed by atoms with van der Waals surface area (Å²) < 4.78 is 24.1. The number of hydrogen-bond donors (Lipinski definition) is 1. The molecule has 0 fully saturated rings. The number of amides is 1. The van der Waals surface area contributed by atoms with Gasteiger partial charge in [0.05, 0.1) is 19.2 Å². The number of rotatable bonds is 4. The van der Waals surface area contributed by atoms with Crippen LogP contribution in [-0.4, -0.2) is 20.1 Å². The highest BCUT2D eigenvalue weighted by atomic mass is 79.9. The number of benzene rings is 2. The molecular formula is C15H12BrClFNO3. The summed E-state index contributed by atoms with van der Waals surface area (Å²) in [6.45, 7) is 0. The highest BCUT2D eigenvalue weighted by Gasteiger charge is 2.15. The summed E-state index contributed by atoms with van der Waals surface area (Å²) in [7, 11) is 2.97. The normalized spacial score (nSPS) is 10.2. The molecule has 0 aromatic heterocycles. The zero-order valence-corrected chi connectivity index (χ0v) is 14.1. The molecule has 2 aromatic carbocycles. The van der Waals surface area contributed by atoms with Gasteiger partial charge < -0.3 is 14.8 Å². The van der Waals surface area contributed by atoms with Crippen LogP contribution in [0.4, 0.5) is 10.1 Å². The molecule has 2 rings (SSSR count). The van der Waals surface area contributed by atoms with E-state index in [9.17, 15) is 9.18 Å². The minimum absolute atomic E-state index is 0.0660. The molecular weight excluding hydrogens is 377 g/mol. The Morgan fingerprint density at radius 1 is 1.18 bits per heavy atom. The van der Waals surface area contributed by atoms with Crippen LogP contribution < -0.4 is 14.8 Å². The van der Waals surface area contributed by atoms with E-state index >= 15 is 0 Å². The fraction of sp³-hybridized carbons (Fsp3) is 0.133. The van der Waals surface area contributed by atoms with Gasteiger partial charge in [-0.1, -0.05) is 11.6 Å². The van der Waals surface area contributed by atoms with E-state index in [0.717, 1.165) is 0 Å². The lowest BCUT2D eigenvalue weighted by Gasteiger charge is -2.12. The van der Waals surface area contributed by atoms with Gasteiger partial charge in [0.2, 0.25) is 0 Å². The number of methoxy groups -OCH3 is 2. The lowest BCUT2D eigenvalue weighted by Crippen LogP contribution is -2.12. The summed E-state index contributed by atoms with van der Waals surface area (Å²) in [6.07, 6.45) is 0. The molecule has 0 unspecified atom stereocenters. The van der Waals surface area contributed by atoms with Crippen LogP contribution in [0.3, 0.4) is 0 Å². The highest BCUT2D eigenvalue weighted by molar-refractivity contribution is 9.10. The predicted octanol–water partition coefficient (Wildman–Crippen LogP) is 4.51. The van der Waals surface area contributed by atoms with Crippen molar-refractivity contribution in [2.24, 2.45) is 0 Å². The standard InChI is InChI=1S/C15H12BrClFNO3/c1-21-12-5-8(6-13(22-2)14(12)16)15(20)19-9-3-4-11(18)10(17)7-9/h3-7H,1-2H3,(H,19,20). The second-order valence-corrected chi connectivity index (χ2v) is 5.48. The lowest BCUT2D eigenvalue weighted by molar-refractivity contribution is 0.102. The van der Waals surface area contributed by atoms with Crippen LogP contribution in [0.1, 0.15) is 10.4 Å². The molecule has 0 saturated carbocycles. The van der Waals surface area contributed by atoms with Crippen molar-refractivity contribution in [1.82, 2.24) is 0 Å². The molecule has 0 radical (unpaired) electrons. The molecule has 116 valence electrons. The van der Waals surface area contributed by atoms with E-state index in [4.69, 9.17) is 21.1 Å². The maximum atomic E-state index is 13.1. The van der Waals surface area contributed by atoms with E-state index in [1.165, 1.54) is 32.4 Å². The lowest BCUT2D eigenvalue weighted by atomic mass is 10.1. The van der Waals surface area contributed by atoms with Crippen molar-refractivity contribution in [3.63, 3.8) is 0 Å². The second kappa shape index (κ2) is 6.98. The summed E-state index contributed by atoms with van der Waals surface area (Å²) in [4.78, 5) is 12.3. The maximum absolute atomic E-state index is 13.1. The summed E-state index contributed by atoms with van der Waals surface area (Å²) in [5, 5.41) is 2.57. The fourth-order valence-corrected chi connectivity index (χ4v) is 2.51. The average Bonchev–Trinajstić information content (AvgIpc) is 2.51. The Balaban J connectivity index is 2.31. The van der Waals surface area contributed by atoms with Crippen molar-refractivity contribution in [2.45, 2.75) is 0 Å². The molecule has 0 atom stereocenters. The van der Waals surface area contributed by atoms with Gasteiger partial charge in [0, 0.05) is 11.3 Å². The van der Waals surface area contributed by atoms with Gasteiger partial charge in [0.15, 0.2) is 0 Å². The monoisotopic (exact) mass is 387 g/mol. The van der Waals surface area contributed by atoms with Gasteiger partial charge in [-0.15, -0.1) is 0 Å². The van der Waals surface area contributed by atoms with E-state index in [0.29, 0.717) is 27.2 Å². The van der Waals surface area contributed by atoms with Crippen molar-refractivity contribution in [1.29, 1.82) is 0 Å². The smallest absolute Gasteiger partial charge is 0.255 e. The Bertz CT molecular complexity index is 699. The Labute approximate surface area is 140 Å². The zero-order chi connectivity index (χ0) is 16.3. The van der Waals surface area contributed by atoms with Gasteiger partial charge in [-0.3, -0.25) is 4.79 Å². The fourth-order valence-electron chi connectivity index (χ4n) is 1.78. The van der Waals surface area contributed by atoms with Crippen molar-refractivity contribution < 1.29 is 18.7 Å². The van der Waals surface area contributed by atoms with Crippen LogP contribution in [-0.2, 0) is 0 Å². The SMILES string of the molecule is COc1cc(C(=O)Nc2ccc(F)c(Cl)c2)cc(OC)c1Br. The van der Waals surface area contributed by atoms with Crippen LogP contribution in [0.15, 0.2) is 34.8 Å². The number of hydrogen-bond acceptors (Lipinski definition) is 3. The van der Waals surface area contributed by atoms with E-state index in [1.54, 1.807) is 12.1 Å². The summed E-state index contributed by atoms with van der Waals surface area (Å²) in [5.74, 6) is -0.0262. The second-order valence-electron chi connectivity index (χ2n) is 4.28. The Morgan fingerprint density at radius 2 is 1.77 bits per heavy atom. The van der Waals surface area contributed by atoms with Gasteiger partial charge in [0.1, 0.15) is 21.8 Å². The third kappa shape index (κ3) is 3.51. The number of carbonyl (C=O) groups excluding carboxylic acids is 1. The largest absolute Gasteiger partial charge is 0.495 e. The summed E-state index contributed by atoms with van der Waals surface area (Å²) in [6, 6.07) is 7.06. The first-order chi connectivity index (χ1) is 10.5. The topological polar surface area (TPSA) is 47.6 Å². The molecule has 0 bridgehead atoms. The Hall–Kier alpha value is -1.79.